The molecule has 0 aliphatic carbocycles. The highest BCUT2D eigenvalue weighted by atomic mass is 35.5. The average Bonchev–Trinajstić information content (AvgIpc) is 2.78. The number of phenols is 1. The second kappa shape index (κ2) is 11.2. The fourth-order valence-corrected chi connectivity index (χ4v) is 6.44. The molecular formula is C26H36ClN3O3S. The van der Waals surface area contributed by atoms with Crippen LogP contribution in [-0.2, 0) is 10.0 Å². The van der Waals surface area contributed by atoms with Crippen molar-refractivity contribution in [1.29, 1.82) is 0 Å². The monoisotopic (exact) mass is 505 g/mol. The zero-order valence-corrected chi connectivity index (χ0v) is 22.1. The number of aromatic hydroxyl groups is 1. The molecule has 0 aromatic heterocycles. The van der Waals surface area contributed by atoms with Gasteiger partial charge in [0.2, 0.25) is 10.0 Å². The number of halogens is 1. The Morgan fingerprint density at radius 3 is 2.29 bits per heavy atom. The number of nitrogens with zero attached hydrogens (tertiary/aromatic N) is 3. The van der Waals surface area contributed by atoms with E-state index in [1.54, 1.807) is 24.3 Å². The van der Waals surface area contributed by atoms with Crippen molar-refractivity contribution in [2.75, 3.05) is 32.7 Å². The molecule has 0 amide bonds. The van der Waals surface area contributed by atoms with Crippen LogP contribution in [0.3, 0.4) is 0 Å². The van der Waals surface area contributed by atoms with E-state index in [-0.39, 0.29) is 23.9 Å². The Hall–Kier alpha value is -1.90. The van der Waals surface area contributed by atoms with Gasteiger partial charge in [0, 0.05) is 49.8 Å². The summed E-state index contributed by atoms with van der Waals surface area (Å²) in [6.07, 6.45) is 0. The van der Waals surface area contributed by atoms with Gasteiger partial charge in [0.05, 0.1) is 10.9 Å². The molecule has 0 saturated carbocycles. The summed E-state index contributed by atoms with van der Waals surface area (Å²) < 4.78 is 27.4. The summed E-state index contributed by atoms with van der Waals surface area (Å²) in [5.74, 6) is 0.209. The Morgan fingerprint density at radius 2 is 1.74 bits per heavy atom. The molecule has 0 radical (unpaired) electrons. The van der Waals surface area contributed by atoms with Crippen molar-refractivity contribution in [2.24, 2.45) is 0 Å². The molecule has 3 atom stereocenters. The highest BCUT2D eigenvalue weighted by Gasteiger charge is 2.35. The van der Waals surface area contributed by atoms with Gasteiger partial charge in [-0.15, -0.1) is 0 Å². The molecule has 1 aliphatic rings. The van der Waals surface area contributed by atoms with Gasteiger partial charge < -0.3 is 5.11 Å². The molecule has 3 rings (SSSR count). The van der Waals surface area contributed by atoms with Crippen LogP contribution < -0.4 is 0 Å². The van der Waals surface area contributed by atoms with Crippen LogP contribution in [0.25, 0.3) is 0 Å². The summed E-state index contributed by atoms with van der Waals surface area (Å²) in [6.45, 7) is 15.0. The van der Waals surface area contributed by atoms with Gasteiger partial charge >= 0.3 is 0 Å². The van der Waals surface area contributed by atoms with E-state index in [1.165, 1.54) is 4.31 Å². The van der Waals surface area contributed by atoms with Crippen LogP contribution in [0, 0.1) is 0 Å². The van der Waals surface area contributed by atoms with E-state index in [2.05, 4.69) is 30.2 Å². The topological polar surface area (TPSA) is 64.1 Å². The first-order valence-corrected chi connectivity index (χ1v) is 13.6. The zero-order chi connectivity index (χ0) is 25.0. The minimum atomic E-state index is -3.53. The Kier molecular flexibility index (Phi) is 8.82. The lowest BCUT2D eigenvalue weighted by molar-refractivity contribution is 0.0301. The smallest absolute Gasteiger partial charge is 0.243 e. The molecule has 2 aromatic carbocycles. The van der Waals surface area contributed by atoms with E-state index >= 15 is 0 Å². The fourth-order valence-electron chi connectivity index (χ4n) is 4.83. The number of hydrogen-bond donors (Lipinski definition) is 1. The van der Waals surface area contributed by atoms with Crippen molar-refractivity contribution in [3.8, 4) is 5.75 Å². The number of piperazine rings is 1. The third-order valence-corrected chi connectivity index (χ3v) is 8.78. The Bertz CT molecular complexity index is 1090. The van der Waals surface area contributed by atoms with Gasteiger partial charge in [0.15, 0.2) is 0 Å². The number of sulfonamides is 1. The Labute approximate surface area is 209 Å². The maximum atomic E-state index is 13.0. The van der Waals surface area contributed by atoms with E-state index in [0.717, 1.165) is 24.2 Å². The highest BCUT2D eigenvalue weighted by Crippen LogP contribution is 2.35. The standard InChI is InChI=1S/C26H36ClN3O3S/c1-6-29(7-2)34(32,33)25-13-11-22(12-14-25)26(23-9-8-10-24(31)15-23)30-18-20(4)28(16-19(3)27)17-21(30)5/h8-15,20-21,26,31H,3,6-7,16-18H2,1-2,4-5H3/t20-,21+,26?/m0/s1. The number of phenolic OH excluding ortho intramolecular Hbond substituents is 1. The minimum Gasteiger partial charge on any atom is -0.508 e. The van der Waals surface area contributed by atoms with Gasteiger partial charge in [-0.25, -0.2) is 8.42 Å². The van der Waals surface area contributed by atoms with E-state index in [1.807, 2.05) is 38.1 Å². The summed E-state index contributed by atoms with van der Waals surface area (Å²) in [7, 11) is -3.53. The van der Waals surface area contributed by atoms with Gasteiger partial charge in [-0.1, -0.05) is 56.3 Å². The van der Waals surface area contributed by atoms with Crippen molar-refractivity contribution in [3.05, 3.63) is 71.3 Å². The van der Waals surface area contributed by atoms with Gasteiger partial charge in [-0.3, -0.25) is 9.80 Å². The first kappa shape index (κ1) is 26.7. The van der Waals surface area contributed by atoms with Crippen LogP contribution in [0.1, 0.15) is 44.9 Å². The van der Waals surface area contributed by atoms with Crippen LogP contribution in [0.2, 0.25) is 0 Å². The molecule has 6 nitrogen and oxygen atoms in total. The Morgan fingerprint density at radius 1 is 1.09 bits per heavy atom. The first-order valence-electron chi connectivity index (χ1n) is 11.8. The number of hydrogen-bond acceptors (Lipinski definition) is 5. The normalized spacial score (nSPS) is 21.0. The maximum absolute atomic E-state index is 13.0. The predicted octanol–water partition coefficient (Wildman–Crippen LogP) is 4.66. The molecule has 1 N–H and O–H groups in total. The van der Waals surface area contributed by atoms with Crippen LogP contribution in [0.15, 0.2) is 65.0 Å². The van der Waals surface area contributed by atoms with Crippen molar-refractivity contribution >= 4 is 21.6 Å². The summed E-state index contributed by atoms with van der Waals surface area (Å²) in [4.78, 5) is 5.04. The molecule has 1 heterocycles. The Balaban J connectivity index is 1.99. The fraction of sp³-hybridized carbons (Fsp3) is 0.462. The first-order chi connectivity index (χ1) is 16.1. The summed E-state index contributed by atoms with van der Waals surface area (Å²) in [6, 6.07) is 14.8. The van der Waals surface area contributed by atoms with E-state index in [0.29, 0.717) is 29.6 Å². The molecular weight excluding hydrogens is 470 g/mol. The third-order valence-electron chi connectivity index (χ3n) is 6.59. The van der Waals surface area contributed by atoms with E-state index in [4.69, 9.17) is 11.6 Å². The molecule has 1 unspecified atom stereocenters. The zero-order valence-electron chi connectivity index (χ0n) is 20.5. The second-order valence-electron chi connectivity index (χ2n) is 9.00. The van der Waals surface area contributed by atoms with Crippen LogP contribution >= 0.6 is 11.6 Å². The van der Waals surface area contributed by atoms with Crippen LogP contribution in [0.4, 0.5) is 0 Å². The number of rotatable bonds is 9. The summed E-state index contributed by atoms with van der Waals surface area (Å²) in [5.41, 5.74) is 1.95. The molecule has 1 saturated heterocycles. The molecule has 0 bridgehead atoms. The average molecular weight is 506 g/mol. The van der Waals surface area contributed by atoms with Gasteiger partial charge in [0.1, 0.15) is 5.75 Å². The SMILES string of the molecule is C=C(Cl)CN1C[C@@H](C)N(C(c2ccc(S(=O)(=O)N(CC)CC)cc2)c2cccc(O)c2)C[C@@H]1C. The molecule has 2 aromatic rings. The molecule has 1 fully saturated rings. The van der Waals surface area contributed by atoms with Crippen molar-refractivity contribution in [1.82, 2.24) is 14.1 Å². The van der Waals surface area contributed by atoms with E-state index < -0.39 is 10.0 Å². The summed E-state index contributed by atoms with van der Waals surface area (Å²) >= 11 is 6.10. The quantitative estimate of drug-likeness (QED) is 0.537. The lowest BCUT2D eigenvalue weighted by Crippen LogP contribution is -2.57. The van der Waals surface area contributed by atoms with Crippen molar-refractivity contribution < 1.29 is 13.5 Å². The van der Waals surface area contributed by atoms with Crippen molar-refractivity contribution in [2.45, 2.75) is 50.7 Å². The number of benzene rings is 2. The lowest BCUT2D eigenvalue weighted by Gasteiger charge is -2.47. The lowest BCUT2D eigenvalue weighted by atomic mass is 9.93. The molecule has 0 spiro atoms. The molecule has 8 heteroatoms. The highest BCUT2D eigenvalue weighted by molar-refractivity contribution is 7.89. The van der Waals surface area contributed by atoms with Crippen LogP contribution in [0.5, 0.6) is 5.75 Å². The molecule has 1 aliphatic heterocycles. The minimum absolute atomic E-state index is 0.129. The van der Waals surface area contributed by atoms with Crippen LogP contribution in [-0.4, -0.2) is 72.4 Å². The predicted molar refractivity (Wildman–Crippen MR) is 139 cm³/mol. The van der Waals surface area contributed by atoms with Gasteiger partial charge in [-0.2, -0.15) is 4.31 Å². The maximum Gasteiger partial charge on any atom is 0.243 e. The third kappa shape index (κ3) is 5.83. The van der Waals surface area contributed by atoms with E-state index in [9.17, 15) is 13.5 Å². The largest absolute Gasteiger partial charge is 0.508 e. The van der Waals surface area contributed by atoms with Gasteiger partial charge in [0.25, 0.3) is 0 Å². The molecule has 186 valence electrons. The molecule has 34 heavy (non-hydrogen) atoms. The second-order valence-corrected chi connectivity index (χ2v) is 11.5. The van der Waals surface area contributed by atoms with Crippen molar-refractivity contribution in [3.63, 3.8) is 0 Å². The summed E-state index contributed by atoms with van der Waals surface area (Å²) in [5, 5.41) is 10.8. The van der Waals surface area contributed by atoms with Gasteiger partial charge in [-0.05, 0) is 49.2 Å².